The molecule has 1 N–H and O–H groups in total. The quantitative estimate of drug-likeness (QED) is 0.433. The molecule has 0 saturated heterocycles. The van der Waals surface area contributed by atoms with Crippen LogP contribution in [0.15, 0.2) is 83.3 Å². The number of hydrogen-bond acceptors (Lipinski definition) is 3. The molecule has 4 rings (SSSR count). The first kappa shape index (κ1) is 19.1. The molecule has 4 aromatic rings. The van der Waals surface area contributed by atoms with Crippen molar-refractivity contribution in [2.24, 2.45) is 0 Å². The summed E-state index contributed by atoms with van der Waals surface area (Å²) in [5.41, 5.74) is 2.52. The molecule has 1 heterocycles. The minimum absolute atomic E-state index is 0.248. The third kappa shape index (κ3) is 4.61. The fraction of sp³-hybridized carbons (Fsp3) is 0.125. The fourth-order valence-electron chi connectivity index (χ4n) is 3.15. The normalized spacial score (nSPS) is 10.8. The molecular weight excluding hydrogens is 386 g/mol. The highest BCUT2D eigenvalue weighted by Gasteiger charge is 2.20. The smallest absolute Gasteiger partial charge is 0.287 e. The second-order valence-electron chi connectivity index (χ2n) is 6.64. The number of carbonyl (C=O) groups excluding carboxylic acids is 1. The van der Waals surface area contributed by atoms with Crippen LogP contribution in [-0.2, 0) is 13.0 Å². The number of furan rings is 1. The van der Waals surface area contributed by atoms with Gasteiger partial charge in [-0.15, -0.1) is 0 Å². The number of benzene rings is 3. The Labute approximate surface area is 174 Å². The summed E-state index contributed by atoms with van der Waals surface area (Å²) in [5.74, 6) is 0.784. The molecule has 3 aromatic carbocycles. The molecule has 146 valence electrons. The zero-order chi connectivity index (χ0) is 20.1. The summed E-state index contributed by atoms with van der Waals surface area (Å²) >= 11 is 5.91. The lowest BCUT2D eigenvalue weighted by atomic mass is 10.1. The summed E-state index contributed by atoms with van der Waals surface area (Å²) in [4.78, 5) is 12.8. The lowest BCUT2D eigenvalue weighted by molar-refractivity contribution is 0.0925. The molecular formula is C24H20ClNO3. The minimum atomic E-state index is -0.248. The lowest BCUT2D eigenvalue weighted by Crippen LogP contribution is -2.26. The van der Waals surface area contributed by atoms with E-state index < -0.39 is 0 Å². The first-order chi connectivity index (χ1) is 14.2. The number of carbonyl (C=O) groups is 1. The summed E-state index contributed by atoms with van der Waals surface area (Å²) in [6.45, 7) is 0.747. The first-order valence-corrected chi connectivity index (χ1v) is 9.79. The Bertz CT molecular complexity index is 1100. The zero-order valence-electron chi connectivity index (χ0n) is 15.7. The van der Waals surface area contributed by atoms with E-state index in [1.54, 1.807) is 0 Å². The number of ether oxygens (including phenoxy) is 1. The van der Waals surface area contributed by atoms with Gasteiger partial charge in [-0.3, -0.25) is 4.79 Å². The van der Waals surface area contributed by atoms with Crippen LogP contribution in [0.3, 0.4) is 0 Å². The number of hydrogen-bond donors (Lipinski definition) is 1. The van der Waals surface area contributed by atoms with Gasteiger partial charge in [-0.1, -0.05) is 60.1 Å². The number of halogens is 1. The van der Waals surface area contributed by atoms with Gasteiger partial charge in [0.2, 0.25) is 0 Å². The maximum Gasteiger partial charge on any atom is 0.287 e. The molecule has 0 aliphatic carbocycles. The molecule has 0 saturated carbocycles. The van der Waals surface area contributed by atoms with Crippen molar-refractivity contribution in [3.05, 3.63) is 101 Å². The highest BCUT2D eigenvalue weighted by Crippen LogP contribution is 2.27. The van der Waals surface area contributed by atoms with Crippen molar-refractivity contribution in [3.8, 4) is 5.75 Å². The molecule has 0 atom stereocenters. The Balaban J connectivity index is 1.49. The summed E-state index contributed by atoms with van der Waals surface area (Å²) < 4.78 is 11.7. The van der Waals surface area contributed by atoms with Crippen LogP contribution < -0.4 is 10.1 Å². The van der Waals surface area contributed by atoms with E-state index in [0.717, 1.165) is 22.3 Å². The molecule has 1 aromatic heterocycles. The van der Waals surface area contributed by atoms with Gasteiger partial charge in [0.1, 0.15) is 17.9 Å². The van der Waals surface area contributed by atoms with Crippen LogP contribution in [0.25, 0.3) is 11.0 Å². The van der Waals surface area contributed by atoms with E-state index in [2.05, 4.69) is 5.32 Å². The van der Waals surface area contributed by atoms with Crippen LogP contribution in [0, 0.1) is 0 Å². The number of nitrogens with one attached hydrogen (secondary N) is 1. The van der Waals surface area contributed by atoms with Crippen molar-refractivity contribution >= 4 is 28.5 Å². The number of amides is 1. The molecule has 0 aliphatic rings. The zero-order valence-corrected chi connectivity index (χ0v) is 16.5. The lowest BCUT2D eigenvalue weighted by Gasteiger charge is -2.08. The summed E-state index contributed by atoms with van der Waals surface area (Å²) in [6.07, 6.45) is 0.707. The maximum atomic E-state index is 12.8. The Morgan fingerprint density at radius 2 is 1.66 bits per heavy atom. The average Bonchev–Trinajstić information content (AvgIpc) is 3.13. The van der Waals surface area contributed by atoms with E-state index in [4.69, 9.17) is 20.8 Å². The highest BCUT2D eigenvalue weighted by atomic mass is 35.5. The van der Waals surface area contributed by atoms with Gasteiger partial charge in [0.15, 0.2) is 5.76 Å². The second-order valence-corrected chi connectivity index (χ2v) is 7.08. The van der Waals surface area contributed by atoms with Gasteiger partial charge in [0.05, 0.1) is 0 Å². The third-order valence-electron chi connectivity index (χ3n) is 4.64. The van der Waals surface area contributed by atoms with Crippen LogP contribution in [0.5, 0.6) is 5.75 Å². The van der Waals surface area contributed by atoms with E-state index in [1.165, 1.54) is 0 Å². The summed E-state index contributed by atoms with van der Waals surface area (Å²) in [6, 6.07) is 24.7. The van der Waals surface area contributed by atoms with Crippen LogP contribution >= 0.6 is 11.6 Å². The Kier molecular flexibility index (Phi) is 5.82. The first-order valence-electron chi connectivity index (χ1n) is 9.41. The number of fused-ring (bicyclic) bond motifs is 1. The van der Waals surface area contributed by atoms with Crippen molar-refractivity contribution in [2.45, 2.75) is 13.0 Å². The Morgan fingerprint density at radius 1 is 0.931 bits per heavy atom. The molecule has 4 nitrogen and oxygen atoms in total. The molecule has 0 aliphatic heterocycles. The third-order valence-corrected chi connectivity index (χ3v) is 4.90. The van der Waals surface area contributed by atoms with Crippen LogP contribution in [0.1, 0.15) is 21.7 Å². The summed E-state index contributed by atoms with van der Waals surface area (Å²) in [5, 5.41) is 4.52. The van der Waals surface area contributed by atoms with Gasteiger partial charge in [0.25, 0.3) is 5.91 Å². The van der Waals surface area contributed by atoms with E-state index in [-0.39, 0.29) is 12.5 Å². The van der Waals surface area contributed by atoms with Crippen molar-refractivity contribution < 1.29 is 13.9 Å². The van der Waals surface area contributed by atoms with Crippen molar-refractivity contribution in [3.63, 3.8) is 0 Å². The largest absolute Gasteiger partial charge is 0.489 e. The monoisotopic (exact) mass is 405 g/mol. The van der Waals surface area contributed by atoms with E-state index in [0.29, 0.717) is 29.3 Å². The molecule has 0 unspecified atom stereocenters. The molecule has 5 heteroatoms. The molecule has 0 bridgehead atoms. The molecule has 29 heavy (non-hydrogen) atoms. The van der Waals surface area contributed by atoms with Crippen LogP contribution in [-0.4, -0.2) is 12.5 Å². The minimum Gasteiger partial charge on any atom is -0.489 e. The van der Waals surface area contributed by atoms with Gasteiger partial charge in [-0.05, 0) is 42.3 Å². The highest BCUT2D eigenvalue weighted by molar-refractivity contribution is 6.30. The standard InChI is InChI=1S/C24H20ClNO3/c25-18-12-10-17(11-13-18)14-15-26-24(27)23-21(16-28-19-6-2-1-3-7-19)20-8-4-5-9-22(20)29-23/h1-13H,14-16H2,(H,26,27). The van der Waals surface area contributed by atoms with E-state index >= 15 is 0 Å². The second kappa shape index (κ2) is 8.84. The van der Waals surface area contributed by atoms with Gasteiger partial charge in [0, 0.05) is 22.5 Å². The topological polar surface area (TPSA) is 51.5 Å². The predicted octanol–water partition coefficient (Wildman–Crippen LogP) is 5.64. The Morgan fingerprint density at radius 3 is 2.45 bits per heavy atom. The number of para-hydroxylation sites is 2. The summed E-state index contributed by atoms with van der Waals surface area (Å²) in [7, 11) is 0. The molecule has 0 fully saturated rings. The van der Waals surface area contributed by atoms with E-state index in [1.807, 2.05) is 78.9 Å². The average molecular weight is 406 g/mol. The van der Waals surface area contributed by atoms with Crippen molar-refractivity contribution in [1.82, 2.24) is 5.32 Å². The van der Waals surface area contributed by atoms with Crippen molar-refractivity contribution in [1.29, 1.82) is 0 Å². The van der Waals surface area contributed by atoms with Crippen LogP contribution in [0.4, 0.5) is 0 Å². The van der Waals surface area contributed by atoms with Crippen molar-refractivity contribution in [2.75, 3.05) is 6.54 Å². The van der Waals surface area contributed by atoms with Gasteiger partial charge in [-0.2, -0.15) is 0 Å². The van der Waals surface area contributed by atoms with Gasteiger partial charge in [-0.25, -0.2) is 0 Å². The Hall–Kier alpha value is -3.24. The SMILES string of the molecule is O=C(NCCc1ccc(Cl)cc1)c1oc2ccccc2c1COc1ccccc1. The van der Waals surface area contributed by atoms with Gasteiger partial charge < -0.3 is 14.5 Å². The van der Waals surface area contributed by atoms with Gasteiger partial charge >= 0.3 is 0 Å². The van der Waals surface area contributed by atoms with Crippen LogP contribution in [0.2, 0.25) is 5.02 Å². The molecule has 0 radical (unpaired) electrons. The maximum absolute atomic E-state index is 12.8. The molecule has 0 spiro atoms. The fourth-order valence-corrected chi connectivity index (χ4v) is 3.28. The number of rotatable bonds is 7. The molecule has 1 amide bonds. The predicted molar refractivity (Wildman–Crippen MR) is 114 cm³/mol. The van der Waals surface area contributed by atoms with E-state index in [9.17, 15) is 4.79 Å².